The molecule has 1 aromatic carbocycles. The van der Waals surface area contributed by atoms with Crippen LogP contribution in [0.5, 0.6) is 5.75 Å². The van der Waals surface area contributed by atoms with Gasteiger partial charge in [-0.2, -0.15) is 0 Å². The Hall–Kier alpha value is -1.62. The number of aliphatic hydroxyl groups excluding tert-OH is 1. The molecule has 0 aliphatic carbocycles. The molecule has 0 amide bonds. The molecule has 8 nitrogen and oxygen atoms in total. The van der Waals surface area contributed by atoms with Gasteiger partial charge in [-0.3, -0.25) is 15.1 Å². The minimum absolute atomic E-state index is 0. The van der Waals surface area contributed by atoms with E-state index >= 15 is 0 Å². The Labute approximate surface area is 178 Å². The standard InChI is InChI=1S/C18H30N4O4.HI/c1-4-14(5-2)11-20-18(19-6-3)21-12-16(23)13-26-17-9-7-15(8-10-17)22(24)25;/h7-10,14,16,23H,4-6,11-13H2,1-3H3,(H2,19,20,21);1H. The van der Waals surface area contributed by atoms with E-state index in [-0.39, 0.29) is 36.3 Å². The minimum Gasteiger partial charge on any atom is -0.491 e. The third-order valence-corrected chi connectivity index (χ3v) is 4.00. The molecule has 0 aromatic heterocycles. The van der Waals surface area contributed by atoms with Crippen LogP contribution in [0.2, 0.25) is 0 Å². The first-order valence-electron chi connectivity index (χ1n) is 9.07. The van der Waals surface area contributed by atoms with Gasteiger partial charge < -0.3 is 20.5 Å². The van der Waals surface area contributed by atoms with Gasteiger partial charge in [0.05, 0.1) is 4.92 Å². The van der Waals surface area contributed by atoms with Crippen LogP contribution in [0.4, 0.5) is 5.69 Å². The number of hydrogen-bond acceptors (Lipinski definition) is 5. The Morgan fingerprint density at radius 2 is 1.85 bits per heavy atom. The predicted molar refractivity (Wildman–Crippen MR) is 118 cm³/mol. The monoisotopic (exact) mass is 494 g/mol. The number of nitro benzene ring substituents is 1. The number of guanidine groups is 1. The van der Waals surface area contributed by atoms with Crippen molar-refractivity contribution < 1.29 is 14.8 Å². The van der Waals surface area contributed by atoms with Gasteiger partial charge >= 0.3 is 0 Å². The van der Waals surface area contributed by atoms with Crippen molar-refractivity contribution in [3.8, 4) is 5.75 Å². The molecule has 0 heterocycles. The Bertz CT molecular complexity index is 565. The van der Waals surface area contributed by atoms with Crippen LogP contribution in [0.3, 0.4) is 0 Å². The van der Waals surface area contributed by atoms with Crippen molar-refractivity contribution in [2.24, 2.45) is 10.9 Å². The Balaban J connectivity index is 0.00000676. The van der Waals surface area contributed by atoms with E-state index in [4.69, 9.17) is 4.74 Å². The maximum atomic E-state index is 10.6. The molecule has 0 aliphatic heterocycles. The van der Waals surface area contributed by atoms with E-state index in [0.29, 0.717) is 24.2 Å². The zero-order valence-electron chi connectivity index (χ0n) is 16.2. The number of non-ortho nitro benzene ring substituents is 1. The topological polar surface area (TPSA) is 109 Å². The Morgan fingerprint density at radius 1 is 1.22 bits per heavy atom. The number of nitrogens with one attached hydrogen (secondary N) is 2. The molecular formula is C18H31IN4O4. The third kappa shape index (κ3) is 10.3. The lowest BCUT2D eigenvalue weighted by Gasteiger charge is -2.17. The molecule has 1 rings (SSSR count). The molecule has 1 aromatic rings. The van der Waals surface area contributed by atoms with Crippen molar-refractivity contribution in [3.63, 3.8) is 0 Å². The number of rotatable bonds is 11. The molecule has 1 unspecified atom stereocenters. The first-order chi connectivity index (χ1) is 12.5. The second kappa shape index (κ2) is 14.4. The summed E-state index contributed by atoms with van der Waals surface area (Å²) in [4.78, 5) is 14.7. The van der Waals surface area contributed by atoms with Gasteiger partial charge in [-0.25, -0.2) is 0 Å². The molecule has 0 aliphatic rings. The van der Waals surface area contributed by atoms with Gasteiger partial charge in [0, 0.05) is 31.8 Å². The first-order valence-corrected chi connectivity index (χ1v) is 9.07. The van der Waals surface area contributed by atoms with Crippen molar-refractivity contribution in [2.45, 2.75) is 39.7 Å². The van der Waals surface area contributed by atoms with Gasteiger partial charge in [-0.1, -0.05) is 26.7 Å². The summed E-state index contributed by atoms with van der Waals surface area (Å²) in [5.74, 6) is 1.71. The van der Waals surface area contributed by atoms with Gasteiger partial charge in [-0.05, 0) is 25.0 Å². The largest absolute Gasteiger partial charge is 0.491 e. The maximum Gasteiger partial charge on any atom is 0.269 e. The van der Waals surface area contributed by atoms with Gasteiger partial charge in [0.15, 0.2) is 5.96 Å². The van der Waals surface area contributed by atoms with E-state index in [1.165, 1.54) is 24.3 Å². The molecule has 3 N–H and O–H groups in total. The highest BCUT2D eigenvalue weighted by atomic mass is 127. The minimum atomic E-state index is -0.734. The fraction of sp³-hybridized carbons (Fsp3) is 0.611. The second-order valence-electron chi connectivity index (χ2n) is 6.00. The summed E-state index contributed by atoms with van der Waals surface area (Å²) in [6.45, 7) is 8.16. The zero-order valence-corrected chi connectivity index (χ0v) is 18.5. The van der Waals surface area contributed by atoms with Gasteiger partial charge in [0.1, 0.15) is 18.5 Å². The van der Waals surface area contributed by atoms with Crippen LogP contribution in [0.25, 0.3) is 0 Å². The van der Waals surface area contributed by atoms with Crippen LogP contribution < -0.4 is 15.4 Å². The highest BCUT2D eigenvalue weighted by molar-refractivity contribution is 14.0. The van der Waals surface area contributed by atoms with Crippen LogP contribution in [0, 0.1) is 16.0 Å². The Morgan fingerprint density at radius 3 is 2.37 bits per heavy atom. The van der Waals surface area contributed by atoms with Crippen molar-refractivity contribution >= 4 is 35.6 Å². The summed E-state index contributed by atoms with van der Waals surface area (Å²) in [5, 5.41) is 26.9. The lowest BCUT2D eigenvalue weighted by atomic mass is 10.0. The quantitative estimate of drug-likeness (QED) is 0.144. The predicted octanol–water partition coefficient (Wildman–Crippen LogP) is 2.94. The fourth-order valence-electron chi connectivity index (χ4n) is 2.24. The smallest absolute Gasteiger partial charge is 0.269 e. The van der Waals surface area contributed by atoms with Crippen molar-refractivity contribution in [1.29, 1.82) is 0 Å². The van der Waals surface area contributed by atoms with E-state index in [9.17, 15) is 15.2 Å². The average molecular weight is 494 g/mol. The molecule has 0 saturated heterocycles. The molecule has 0 spiro atoms. The lowest BCUT2D eigenvalue weighted by molar-refractivity contribution is -0.384. The molecule has 0 radical (unpaired) electrons. The number of halogens is 1. The normalized spacial score (nSPS) is 12.3. The van der Waals surface area contributed by atoms with Crippen LogP contribution in [0.1, 0.15) is 33.6 Å². The molecule has 1 atom stereocenters. The average Bonchev–Trinajstić information content (AvgIpc) is 2.65. The summed E-state index contributed by atoms with van der Waals surface area (Å²) in [5.41, 5.74) is 0.00326. The second-order valence-corrected chi connectivity index (χ2v) is 6.00. The molecule has 0 fully saturated rings. The van der Waals surface area contributed by atoms with E-state index in [1.54, 1.807) is 0 Å². The number of aliphatic hydroxyl groups is 1. The molecule has 0 bridgehead atoms. The highest BCUT2D eigenvalue weighted by Gasteiger charge is 2.09. The third-order valence-electron chi connectivity index (χ3n) is 4.00. The summed E-state index contributed by atoms with van der Waals surface area (Å²) in [7, 11) is 0. The summed E-state index contributed by atoms with van der Waals surface area (Å²) >= 11 is 0. The highest BCUT2D eigenvalue weighted by Crippen LogP contribution is 2.17. The summed E-state index contributed by atoms with van der Waals surface area (Å²) in [6.07, 6.45) is 1.44. The number of nitrogens with zero attached hydrogens (tertiary/aromatic N) is 2. The molecule has 9 heteroatoms. The summed E-state index contributed by atoms with van der Waals surface area (Å²) < 4.78 is 5.45. The van der Waals surface area contributed by atoms with Crippen molar-refractivity contribution in [2.75, 3.05) is 26.2 Å². The number of benzene rings is 1. The van der Waals surface area contributed by atoms with Crippen molar-refractivity contribution in [3.05, 3.63) is 34.4 Å². The molecule has 27 heavy (non-hydrogen) atoms. The van der Waals surface area contributed by atoms with E-state index in [0.717, 1.165) is 25.9 Å². The maximum absolute atomic E-state index is 10.6. The van der Waals surface area contributed by atoms with Gasteiger partial charge in [-0.15, -0.1) is 24.0 Å². The fourth-order valence-corrected chi connectivity index (χ4v) is 2.24. The number of hydrogen-bond donors (Lipinski definition) is 3. The zero-order chi connectivity index (χ0) is 19.4. The molecular weight excluding hydrogens is 463 g/mol. The SMILES string of the molecule is CCNC(=NCC(CC)CC)NCC(O)COc1ccc([N+](=O)[O-])cc1.I. The van der Waals surface area contributed by atoms with Crippen LogP contribution in [-0.4, -0.2) is 48.3 Å². The number of nitro groups is 1. The molecule has 154 valence electrons. The van der Waals surface area contributed by atoms with E-state index in [2.05, 4.69) is 29.5 Å². The van der Waals surface area contributed by atoms with Gasteiger partial charge in [0.2, 0.25) is 0 Å². The Kier molecular flexibility index (Phi) is 13.6. The van der Waals surface area contributed by atoms with Crippen molar-refractivity contribution in [1.82, 2.24) is 10.6 Å². The summed E-state index contributed by atoms with van der Waals surface area (Å²) in [6, 6.07) is 5.76. The first kappa shape index (κ1) is 25.4. The number of ether oxygens (including phenoxy) is 1. The van der Waals surface area contributed by atoms with Gasteiger partial charge in [0.25, 0.3) is 5.69 Å². The van der Waals surface area contributed by atoms with E-state index < -0.39 is 11.0 Å². The van der Waals surface area contributed by atoms with E-state index in [1.807, 2.05) is 6.92 Å². The number of aliphatic imine (C=N–C) groups is 1. The van der Waals surface area contributed by atoms with Crippen LogP contribution in [0.15, 0.2) is 29.3 Å². The van der Waals surface area contributed by atoms with Crippen LogP contribution >= 0.6 is 24.0 Å². The lowest BCUT2D eigenvalue weighted by Crippen LogP contribution is -2.42. The molecule has 0 saturated carbocycles. The van der Waals surface area contributed by atoms with Crippen LogP contribution in [-0.2, 0) is 0 Å².